The van der Waals surface area contributed by atoms with E-state index in [9.17, 15) is 0 Å². The van der Waals surface area contributed by atoms with Crippen molar-refractivity contribution in [2.24, 2.45) is 0 Å². The number of fused-ring (bicyclic) bond motifs is 1. The molecule has 5 nitrogen and oxygen atoms in total. The molecular formula is C19H22N4O. The molecule has 2 aromatic heterocycles. The van der Waals surface area contributed by atoms with Gasteiger partial charge in [0.25, 0.3) is 0 Å². The van der Waals surface area contributed by atoms with Crippen LogP contribution in [0.1, 0.15) is 25.1 Å². The summed E-state index contributed by atoms with van der Waals surface area (Å²) in [6.07, 6.45) is 3.78. The van der Waals surface area contributed by atoms with Crippen molar-refractivity contribution in [3.63, 3.8) is 0 Å². The van der Waals surface area contributed by atoms with Gasteiger partial charge in [0, 0.05) is 18.8 Å². The molecule has 0 amide bonds. The molecular weight excluding hydrogens is 300 g/mol. The minimum absolute atomic E-state index is 0.823. The van der Waals surface area contributed by atoms with Crippen LogP contribution in [0.5, 0.6) is 5.75 Å². The Morgan fingerprint density at radius 3 is 2.50 bits per heavy atom. The van der Waals surface area contributed by atoms with Gasteiger partial charge in [0.1, 0.15) is 17.1 Å². The molecule has 5 heteroatoms. The number of anilines is 1. The molecule has 4 rings (SSSR count). The number of nitrogens with one attached hydrogen (secondary N) is 1. The maximum absolute atomic E-state index is 5.24. The monoisotopic (exact) mass is 322 g/mol. The smallest absolute Gasteiger partial charge is 0.156 e. The first-order chi connectivity index (χ1) is 11.7. The van der Waals surface area contributed by atoms with Crippen LogP contribution in [-0.2, 0) is 0 Å². The van der Waals surface area contributed by atoms with E-state index in [0.29, 0.717) is 0 Å². The molecule has 1 saturated heterocycles. The molecule has 3 aromatic rings. The molecule has 3 heterocycles. The maximum Gasteiger partial charge on any atom is 0.156 e. The summed E-state index contributed by atoms with van der Waals surface area (Å²) < 4.78 is 5.24. The van der Waals surface area contributed by atoms with Crippen LogP contribution in [0.2, 0.25) is 0 Å². The number of aryl methyl sites for hydroxylation is 1. The summed E-state index contributed by atoms with van der Waals surface area (Å²) in [6.45, 7) is 4.11. The number of hydrogen-bond donors (Lipinski definition) is 1. The van der Waals surface area contributed by atoms with Crippen molar-refractivity contribution in [3.05, 3.63) is 36.2 Å². The number of aromatic nitrogens is 3. The largest absolute Gasteiger partial charge is 0.497 e. The van der Waals surface area contributed by atoms with Gasteiger partial charge in [-0.1, -0.05) is 0 Å². The SMILES string of the molecule is COc1ccc(-c2cc3nc(C)nc(N4CCCCC4)c3[nH]2)cc1. The van der Waals surface area contributed by atoms with Gasteiger partial charge in [0.2, 0.25) is 0 Å². The standard InChI is InChI=1S/C19H22N4O/c1-13-20-17-12-16(14-6-8-15(24-2)9-7-14)22-18(17)19(21-13)23-10-4-3-5-11-23/h6-9,12,22H,3-5,10-11H2,1-2H3. The van der Waals surface area contributed by atoms with Crippen molar-refractivity contribution in [1.82, 2.24) is 15.0 Å². The predicted octanol–water partition coefficient (Wildman–Crippen LogP) is 3.93. The first kappa shape index (κ1) is 15.0. The molecule has 0 aliphatic carbocycles. The Morgan fingerprint density at radius 2 is 1.79 bits per heavy atom. The number of nitrogens with zero attached hydrogens (tertiary/aromatic N) is 3. The Labute approximate surface area is 141 Å². The third-order valence-corrected chi connectivity index (χ3v) is 4.63. The molecule has 0 atom stereocenters. The Morgan fingerprint density at radius 1 is 1.04 bits per heavy atom. The normalized spacial score (nSPS) is 15.0. The Balaban J connectivity index is 1.78. The van der Waals surface area contributed by atoms with Crippen LogP contribution < -0.4 is 9.64 Å². The minimum Gasteiger partial charge on any atom is -0.497 e. The van der Waals surface area contributed by atoms with E-state index in [0.717, 1.165) is 52.8 Å². The summed E-state index contributed by atoms with van der Waals surface area (Å²) >= 11 is 0. The molecule has 124 valence electrons. The van der Waals surface area contributed by atoms with Crippen molar-refractivity contribution in [2.45, 2.75) is 26.2 Å². The van der Waals surface area contributed by atoms with Gasteiger partial charge in [-0.05, 0) is 62.1 Å². The van der Waals surface area contributed by atoms with E-state index in [1.165, 1.54) is 19.3 Å². The third kappa shape index (κ3) is 2.70. The van der Waals surface area contributed by atoms with Crippen molar-refractivity contribution < 1.29 is 4.74 Å². The first-order valence-electron chi connectivity index (χ1n) is 8.51. The van der Waals surface area contributed by atoms with Crippen LogP contribution in [0.15, 0.2) is 30.3 Å². The maximum atomic E-state index is 5.24. The Hall–Kier alpha value is -2.56. The first-order valence-corrected chi connectivity index (χ1v) is 8.51. The number of hydrogen-bond acceptors (Lipinski definition) is 4. The van der Waals surface area contributed by atoms with Crippen LogP contribution in [0.3, 0.4) is 0 Å². The van der Waals surface area contributed by atoms with Crippen LogP contribution in [-0.4, -0.2) is 35.2 Å². The lowest BCUT2D eigenvalue weighted by Gasteiger charge is -2.28. The summed E-state index contributed by atoms with van der Waals surface area (Å²) in [7, 11) is 1.68. The van der Waals surface area contributed by atoms with Crippen molar-refractivity contribution in [1.29, 1.82) is 0 Å². The van der Waals surface area contributed by atoms with Crippen molar-refractivity contribution in [3.8, 4) is 17.0 Å². The zero-order valence-electron chi connectivity index (χ0n) is 14.2. The van der Waals surface area contributed by atoms with Gasteiger partial charge in [0.05, 0.1) is 12.6 Å². The number of rotatable bonds is 3. The fourth-order valence-corrected chi connectivity index (χ4v) is 3.37. The summed E-state index contributed by atoms with van der Waals surface area (Å²) in [5.74, 6) is 2.72. The lowest BCUT2D eigenvalue weighted by atomic mass is 10.1. The van der Waals surface area contributed by atoms with E-state index in [1.807, 2.05) is 19.1 Å². The van der Waals surface area contributed by atoms with Gasteiger partial charge in [-0.15, -0.1) is 0 Å². The molecule has 1 aromatic carbocycles. The summed E-state index contributed by atoms with van der Waals surface area (Å²) in [4.78, 5) is 15.3. The van der Waals surface area contributed by atoms with Crippen LogP contribution >= 0.6 is 0 Å². The third-order valence-electron chi connectivity index (χ3n) is 4.63. The number of ether oxygens (including phenoxy) is 1. The lowest BCUT2D eigenvalue weighted by Crippen LogP contribution is -2.30. The number of aromatic amines is 1. The molecule has 24 heavy (non-hydrogen) atoms. The average molecular weight is 322 g/mol. The highest BCUT2D eigenvalue weighted by Crippen LogP contribution is 2.30. The summed E-state index contributed by atoms with van der Waals surface area (Å²) in [5.41, 5.74) is 4.20. The highest BCUT2D eigenvalue weighted by atomic mass is 16.5. The number of methoxy groups -OCH3 is 1. The zero-order valence-corrected chi connectivity index (χ0v) is 14.2. The fourth-order valence-electron chi connectivity index (χ4n) is 3.37. The van der Waals surface area contributed by atoms with Gasteiger partial charge in [-0.25, -0.2) is 9.97 Å². The topological polar surface area (TPSA) is 54.0 Å². The molecule has 0 saturated carbocycles. The second-order valence-electron chi connectivity index (χ2n) is 6.31. The molecule has 1 fully saturated rings. The molecule has 0 unspecified atom stereocenters. The molecule has 1 N–H and O–H groups in total. The van der Waals surface area contributed by atoms with Gasteiger partial charge in [0.15, 0.2) is 5.82 Å². The predicted molar refractivity (Wildman–Crippen MR) is 96.7 cm³/mol. The summed E-state index contributed by atoms with van der Waals surface area (Å²) in [5, 5.41) is 0. The van der Waals surface area contributed by atoms with E-state index in [4.69, 9.17) is 9.72 Å². The van der Waals surface area contributed by atoms with Gasteiger partial charge >= 0.3 is 0 Å². The Bertz CT molecular complexity index is 848. The number of benzene rings is 1. The summed E-state index contributed by atoms with van der Waals surface area (Å²) in [6, 6.07) is 10.2. The van der Waals surface area contributed by atoms with E-state index in [-0.39, 0.29) is 0 Å². The van der Waals surface area contributed by atoms with E-state index < -0.39 is 0 Å². The number of H-pyrrole nitrogens is 1. The van der Waals surface area contributed by atoms with Crippen molar-refractivity contribution in [2.75, 3.05) is 25.1 Å². The zero-order chi connectivity index (χ0) is 16.5. The molecule has 1 aliphatic rings. The van der Waals surface area contributed by atoms with E-state index in [2.05, 4.69) is 33.1 Å². The average Bonchev–Trinajstić information content (AvgIpc) is 3.05. The van der Waals surface area contributed by atoms with Gasteiger partial charge < -0.3 is 14.6 Å². The van der Waals surface area contributed by atoms with Crippen LogP contribution in [0, 0.1) is 6.92 Å². The van der Waals surface area contributed by atoms with E-state index in [1.54, 1.807) is 7.11 Å². The van der Waals surface area contributed by atoms with E-state index >= 15 is 0 Å². The van der Waals surface area contributed by atoms with Crippen molar-refractivity contribution >= 4 is 16.9 Å². The lowest BCUT2D eigenvalue weighted by molar-refractivity contribution is 0.415. The minimum atomic E-state index is 0.823. The quantitative estimate of drug-likeness (QED) is 0.794. The van der Waals surface area contributed by atoms with Crippen LogP contribution in [0.4, 0.5) is 5.82 Å². The molecule has 0 spiro atoms. The highest BCUT2D eigenvalue weighted by molar-refractivity contribution is 5.91. The molecule has 0 bridgehead atoms. The van der Waals surface area contributed by atoms with Gasteiger partial charge in [-0.3, -0.25) is 0 Å². The fraction of sp³-hybridized carbons (Fsp3) is 0.368. The molecule has 0 radical (unpaired) electrons. The van der Waals surface area contributed by atoms with Crippen LogP contribution in [0.25, 0.3) is 22.3 Å². The second kappa shape index (κ2) is 6.15. The highest BCUT2D eigenvalue weighted by Gasteiger charge is 2.18. The second-order valence-corrected chi connectivity index (χ2v) is 6.31. The number of piperidine rings is 1. The molecule has 1 aliphatic heterocycles. The Kier molecular flexibility index (Phi) is 3.84. The van der Waals surface area contributed by atoms with Gasteiger partial charge in [-0.2, -0.15) is 0 Å².